The van der Waals surface area contributed by atoms with Crippen molar-refractivity contribution in [2.75, 3.05) is 0 Å². The van der Waals surface area contributed by atoms with E-state index in [1.54, 1.807) is 0 Å². The van der Waals surface area contributed by atoms with Gasteiger partial charge in [-0.1, -0.05) is 42.0 Å². The number of fused-ring (bicyclic) bond motifs is 1. The molecule has 0 saturated carbocycles. The lowest BCUT2D eigenvalue weighted by Crippen LogP contribution is -2.32. The van der Waals surface area contributed by atoms with Crippen molar-refractivity contribution in [2.24, 2.45) is 0 Å². The molecule has 1 aliphatic rings. The van der Waals surface area contributed by atoms with Crippen LogP contribution < -0.4 is 5.32 Å². The Labute approximate surface area is 128 Å². The van der Waals surface area contributed by atoms with E-state index in [9.17, 15) is 0 Å². The first-order chi connectivity index (χ1) is 10.0. The second kappa shape index (κ2) is 5.65. The molecule has 0 aliphatic heterocycles. The van der Waals surface area contributed by atoms with Gasteiger partial charge in [-0.2, -0.15) is 0 Å². The highest BCUT2D eigenvalue weighted by Gasteiger charge is 2.23. The van der Waals surface area contributed by atoms with Crippen LogP contribution in [-0.4, -0.2) is 6.04 Å². The molecule has 2 aromatic rings. The van der Waals surface area contributed by atoms with Crippen molar-refractivity contribution < 1.29 is 0 Å². The van der Waals surface area contributed by atoms with Gasteiger partial charge in [0.15, 0.2) is 0 Å². The van der Waals surface area contributed by atoms with E-state index < -0.39 is 0 Å². The van der Waals surface area contributed by atoms with E-state index in [4.69, 9.17) is 0 Å². The van der Waals surface area contributed by atoms with E-state index >= 15 is 0 Å². The Morgan fingerprint density at radius 1 is 0.952 bits per heavy atom. The first-order valence-corrected chi connectivity index (χ1v) is 7.95. The third-order valence-electron chi connectivity index (χ3n) is 4.71. The van der Waals surface area contributed by atoms with Crippen molar-refractivity contribution in [1.29, 1.82) is 0 Å². The van der Waals surface area contributed by atoms with Gasteiger partial charge >= 0.3 is 0 Å². The summed E-state index contributed by atoms with van der Waals surface area (Å²) in [5.74, 6) is 0. The van der Waals surface area contributed by atoms with E-state index in [1.807, 2.05) is 0 Å². The summed E-state index contributed by atoms with van der Waals surface area (Å²) in [6.07, 6.45) is 2.31. The number of rotatable bonds is 3. The molecule has 1 nitrogen and oxygen atoms in total. The Bertz CT molecular complexity index is 609. The van der Waals surface area contributed by atoms with Gasteiger partial charge in [-0.25, -0.2) is 0 Å². The zero-order chi connectivity index (χ0) is 15.0. The topological polar surface area (TPSA) is 12.0 Å². The van der Waals surface area contributed by atoms with Crippen LogP contribution in [0.4, 0.5) is 0 Å². The Kier molecular flexibility index (Phi) is 3.86. The lowest BCUT2D eigenvalue weighted by Gasteiger charge is -2.23. The molecule has 0 amide bonds. The Balaban J connectivity index is 1.75. The monoisotopic (exact) mass is 279 g/mol. The molecule has 21 heavy (non-hydrogen) atoms. The molecule has 2 aromatic carbocycles. The highest BCUT2D eigenvalue weighted by molar-refractivity contribution is 5.40. The standard InChI is InChI=1S/C20H25N/c1-13-9-14(2)20(15(3)10-13)16(4)21-19-11-17-7-5-6-8-18(17)12-19/h5-10,16,19,21H,11-12H2,1-4H3. The van der Waals surface area contributed by atoms with Crippen LogP contribution in [0, 0.1) is 20.8 Å². The van der Waals surface area contributed by atoms with Gasteiger partial charge < -0.3 is 5.32 Å². The van der Waals surface area contributed by atoms with Gasteiger partial charge in [-0.15, -0.1) is 0 Å². The normalized spacial score (nSPS) is 16.0. The molecule has 0 bridgehead atoms. The summed E-state index contributed by atoms with van der Waals surface area (Å²) in [6, 6.07) is 14.4. The summed E-state index contributed by atoms with van der Waals surface area (Å²) in [4.78, 5) is 0. The molecular formula is C20H25N. The molecule has 1 unspecified atom stereocenters. The third kappa shape index (κ3) is 2.89. The van der Waals surface area contributed by atoms with Crippen molar-refractivity contribution >= 4 is 0 Å². The van der Waals surface area contributed by atoms with E-state index in [2.05, 4.69) is 69.4 Å². The van der Waals surface area contributed by atoms with Crippen molar-refractivity contribution in [2.45, 2.75) is 52.6 Å². The molecule has 3 rings (SSSR count). The molecule has 1 aliphatic carbocycles. The van der Waals surface area contributed by atoms with E-state index in [1.165, 1.54) is 33.4 Å². The molecule has 0 spiro atoms. The fourth-order valence-corrected chi connectivity index (χ4v) is 3.99. The largest absolute Gasteiger partial charge is 0.307 e. The van der Waals surface area contributed by atoms with Crippen LogP contribution in [0.5, 0.6) is 0 Å². The summed E-state index contributed by atoms with van der Waals surface area (Å²) in [7, 11) is 0. The average molecular weight is 279 g/mol. The number of hydrogen-bond acceptors (Lipinski definition) is 1. The number of hydrogen-bond donors (Lipinski definition) is 1. The van der Waals surface area contributed by atoms with Crippen LogP contribution >= 0.6 is 0 Å². The quantitative estimate of drug-likeness (QED) is 0.876. The van der Waals surface area contributed by atoms with Gasteiger partial charge in [0.25, 0.3) is 0 Å². The molecule has 0 aromatic heterocycles. The zero-order valence-corrected chi connectivity index (χ0v) is 13.5. The third-order valence-corrected chi connectivity index (χ3v) is 4.71. The molecule has 0 heterocycles. The fourth-order valence-electron chi connectivity index (χ4n) is 3.99. The minimum atomic E-state index is 0.407. The van der Waals surface area contributed by atoms with Crippen LogP contribution in [0.2, 0.25) is 0 Å². The molecule has 0 radical (unpaired) electrons. The lowest BCUT2D eigenvalue weighted by atomic mass is 9.94. The summed E-state index contributed by atoms with van der Waals surface area (Å²) in [5, 5.41) is 3.84. The van der Waals surface area contributed by atoms with E-state index in [0.717, 1.165) is 12.8 Å². The Hall–Kier alpha value is -1.60. The van der Waals surface area contributed by atoms with Crippen LogP contribution in [0.3, 0.4) is 0 Å². The number of nitrogens with one attached hydrogen (secondary N) is 1. The van der Waals surface area contributed by atoms with Crippen LogP contribution in [0.15, 0.2) is 36.4 Å². The first-order valence-electron chi connectivity index (χ1n) is 7.95. The summed E-state index contributed by atoms with van der Waals surface area (Å²) >= 11 is 0. The lowest BCUT2D eigenvalue weighted by molar-refractivity contribution is 0.465. The number of aryl methyl sites for hydroxylation is 3. The average Bonchev–Trinajstić information content (AvgIpc) is 2.79. The van der Waals surface area contributed by atoms with Crippen LogP contribution in [0.1, 0.15) is 46.3 Å². The summed E-state index contributed by atoms with van der Waals surface area (Å²) in [5.41, 5.74) is 8.66. The van der Waals surface area contributed by atoms with Gasteiger partial charge in [0, 0.05) is 12.1 Å². The smallest absolute Gasteiger partial charge is 0.0299 e. The number of benzene rings is 2. The summed E-state index contributed by atoms with van der Waals surface area (Å²) < 4.78 is 0. The molecule has 1 N–H and O–H groups in total. The van der Waals surface area contributed by atoms with Crippen molar-refractivity contribution in [3.63, 3.8) is 0 Å². The van der Waals surface area contributed by atoms with Gasteiger partial charge in [0.2, 0.25) is 0 Å². The van der Waals surface area contributed by atoms with Gasteiger partial charge in [0.1, 0.15) is 0 Å². The maximum Gasteiger partial charge on any atom is 0.0299 e. The Morgan fingerprint density at radius 3 is 2.00 bits per heavy atom. The van der Waals surface area contributed by atoms with E-state index in [-0.39, 0.29) is 0 Å². The SMILES string of the molecule is Cc1cc(C)c(C(C)NC2Cc3ccccc3C2)c(C)c1. The van der Waals surface area contributed by atoms with Gasteiger partial charge in [-0.3, -0.25) is 0 Å². The first kappa shape index (κ1) is 14.3. The van der Waals surface area contributed by atoms with Gasteiger partial charge in [0.05, 0.1) is 0 Å². The minimum absolute atomic E-state index is 0.407. The molecule has 1 heteroatoms. The van der Waals surface area contributed by atoms with Crippen molar-refractivity contribution in [1.82, 2.24) is 5.32 Å². The second-order valence-electron chi connectivity index (χ2n) is 6.57. The predicted molar refractivity (Wildman–Crippen MR) is 89.8 cm³/mol. The summed E-state index contributed by atoms with van der Waals surface area (Å²) in [6.45, 7) is 8.94. The highest BCUT2D eigenvalue weighted by Crippen LogP contribution is 2.27. The van der Waals surface area contributed by atoms with Gasteiger partial charge in [-0.05, 0) is 68.4 Å². The maximum absolute atomic E-state index is 3.84. The van der Waals surface area contributed by atoms with Crippen LogP contribution in [0.25, 0.3) is 0 Å². The Morgan fingerprint density at radius 2 is 1.48 bits per heavy atom. The fraction of sp³-hybridized carbons (Fsp3) is 0.400. The highest BCUT2D eigenvalue weighted by atomic mass is 14.9. The predicted octanol–water partition coefficient (Wildman–Crippen LogP) is 4.43. The second-order valence-corrected chi connectivity index (χ2v) is 6.57. The zero-order valence-electron chi connectivity index (χ0n) is 13.5. The maximum atomic E-state index is 3.84. The van der Waals surface area contributed by atoms with Crippen LogP contribution in [-0.2, 0) is 12.8 Å². The molecule has 0 fully saturated rings. The molecule has 110 valence electrons. The van der Waals surface area contributed by atoms with E-state index in [0.29, 0.717) is 12.1 Å². The molecular weight excluding hydrogens is 254 g/mol. The minimum Gasteiger partial charge on any atom is -0.307 e. The van der Waals surface area contributed by atoms with Crippen molar-refractivity contribution in [3.05, 3.63) is 69.8 Å². The van der Waals surface area contributed by atoms with Crippen molar-refractivity contribution in [3.8, 4) is 0 Å². The molecule has 0 saturated heterocycles. The molecule has 1 atom stereocenters.